The molecular weight excluding hydrogens is 236 g/mol. The first kappa shape index (κ1) is 11.7. The van der Waals surface area contributed by atoms with Crippen LogP contribution in [0.3, 0.4) is 0 Å². The fraction of sp³-hybridized carbons (Fsp3) is 0.200. The highest BCUT2D eigenvalue weighted by atomic mass is 15.3. The summed E-state index contributed by atoms with van der Waals surface area (Å²) in [5.41, 5.74) is 8.35. The van der Waals surface area contributed by atoms with Crippen molar-refractivity contribution >= 4 is 11.3 Å². The van der Waals surface area contributed by atoms with Gasteiger partial charge >= 0.3 is 0 Å². The standard InChI is InChI=1S/C15H16N4/c1-15(2,11-6-4-3-5-7-11)14-18-17-13-9-8-12(16)10-19(13)14/h3-10H,16H2,1-2H3. The maximum Gasteiger partial charge on any atom is 0.160 e. The molecule has 0 saturated heterocycles. The Morgan fingerprint density at radius 3 is 2.47 bits per heavy atom. The van der Waals surface area contributed by atoms with Gasteiger partial charge in [-0.2, -0.15) is 0 Å². The Hall–Kier alpha value is -2.36. The number of hydrogen-bond donors (Lipinski definition) is 1. The molecule has 0 bridgehead atoms. The van der Waals surface area contributed by atoms with Gasteiger partial charge in [0, 0.05) is 11.9 Å². The minimum absolute atomic E-state index is 0.228. The highest BCUT2D eigenvalue weighted by Gasteiger charge is 2.28. The van der Waals surface area contributed by atoms with Gasteiger partial charge in [-0.3, -0.25) is 4.40 Å². The van der Waals surface area contributed by atoms with Crippen LogP contribution >= 0.6 is 0 Å². The largest absolute Gasteiger partial charge is 0.398 e. The van der Waals surface area contributed by atoms with Gasteiger partial charge in [0.1, 0.15) is 5.82 Å². The summed E-state index contributed by atoms with van der Waals surface area (Å²) in [7, 11) is 0. The first-order valence-corrected chi connectivity index (χ1v) is 6.25. The lowest BCUT2D eigenvalue weighted by atomic mass is 9.84. The molecule has 0 aliphatic rings. The molecule has 0 aliphatic heterocycles. The number of benzene rings is 1. The average molecular weight is 252 g/mol. The maximum atomic E-state index is 5.86. The smallest absolute Gasteiger partial charge is 0.160 e. The SMILES string of the molecule is CC(C)(c1ccccc1)c1nnc2ccc(N)cn12. The third-order valence-corrected chi connectivity index (χ3v) is 3.48. The molecular formula is C15H16N4. The van der Waals surface area contributed by atoms with Crippen LogP contribution in [0.5, 0.6) is 0 Å². The van der Waals surface area contributed by atoms with Gasteiger partial charge in [-0.25, -0.2) is 0 Å². The molecule has 2 N–H and O–H groups in total. The number of nitrogens with two attached hydrogens (primary N) is 1. The predicted octanol–water partition coefficient (Wildman–Crippen LogP) is 2.64. The first-order valence-electron chi connectivity index (χ1n) is 6.25. The molecule has 0 amide bonds. The van der Waals surface area contributed by atoms with Gasteiger partial charge in [0.25, 0.3) is 0 Å². The van der Waals surface area contributed by atoms with E-state index in [9.17, 15) is 0 Å². The van der Waals surface area contributed by atoms with Crippen LogP contribution < -0.4 is 5.73 Å². The number of rotatable bonds is 2. The Bertz CT molecular complexity index is 713. The van der Waals surface area contributed by atoms with E-state index < -0.39 is 0 Å². The maximum absolute atomic E-state index is 5.86. The van der Waals surface area contributed by atoms with Crippen LogP contribution in [0.2, 0.25) is 0 Å². The molecule has 0 fully saturated rings. The van der Waals surface area contributed by atoms with E-state index in [1.807, 2.05) is 40.9 Å². The van der Waals surface area contributed by atoms with E-state index in [4.69, 9.17) is 5.73 Å². The van der Waals surface area contributed by atoms with Gasteiger partial charge in [0.2, 0.25) is 0 Å². The minimum atomic E-state index is -0.228. The number of nitrogen functional groups attached to an aromatic ring is 1. The van der Waals surface area contributed by atoms with Gasteiger partial charge < -0.3 is 5.73 Å². The number of nitrogens with zero attached hydrogens (tertiary/aromatic N) is 3. The fourth-order valence-electron chi connectivity index (χ4n) is 2.32. The summed E-state index contributed by atoms with van der Waals surface area (Å²) in [4.78, 5) is 0. The van der Waals surface area contributed by atoms with E-state index in [-0.39, 0.29) is 5.41 Å². The van der Waals surface area contributed by atoms with Crippen molar-refractivity contribution in [3.8, 4) is 0 Å². The molecule has 3 rings (SSSR count). The molecule has 96 valence electrons. The van der Waals surface area contributed by atoms with E-state index in [0.717, 1.165) is 11.5 Å². The van der Waals surface area contributed by atoms with Gasteiger partial charge in [-0.15, -0.1) is 10.2 Å². The molecule has 0 aliphatic carbocycles. The van der Waals surface area contributed by atoms with Crippen molar-refractivity contribution in [1.29, 1.82) is 0 Å². The summed E-state index contributed by atoms with van der Waals surface area (Å²) in [5.74, 6) is 0.890. The zero-order valence-electron chi connectivity index (χ0n) is 11.0. The van der Waals surface area contributed by atoms with E-state index in [1.54, 1.807) is 0 Å². The summed E-state index contributed by atoms with van der Waals surface area (Å²) in [6.45, 7) is 4.28. The summed E-state index contributed by atoms with van der Waals surface area (Å²) in [5, 5.41) is 8.55. The van der Waals surface area contributed by atoms with Crippen molar-refractivity contribution in [2.24, 2.45) is 0 Å². The van der Waals surface area contributed by atoms with Crippen LogP contribution in [-0.2, 0) is 5.41 Å². The second-order valence-electron chi connectivity index (χ2n) is 5.21. The van der Waals surface area contributed by atoms with Crippen LogP contribution in [-0.4, -0.2) is 14.6 Å². The van der Waals surface area contributed by atoms with Crippen LogP contribution in [0, 0.1) is 0 Å². The Morgan fingerprint density at radius 1 is 1.00 bits per heavy atom. The normalized spacial score (nSPS) is 11.9. The van der Waals surface area contributed by atoms with Crippen molar-refractivity contribution in [3.05, 3.63) is 60.0 Å². The molecule has 1 aromatic carbocycles. The Labute approximate surface area is 111 Å². The molecule has 2 aromatic heterocycles. The topological polar surface area (TPSA) is 56.2 Å². The summed E-state index contributed by atoms with van der Waals surface area (Å²) in [6.07, 6.45) is 1.87. The average Bonchev–Trinajstić information content (AvgIpc) is 2.83. The molecule has 2 heterocycles. The molecule has 0 saturated carbocycles. The van der Waals surface area contributed by atoms with Crippen molar-refractivity contribution in [1.82, 2.24) is 14.6 Å². The van der Waals surface area contributed by atoms with Crippen molar-refractivity contribution in [3.63, 3.8) is 0 Å². The Morgan fingerprint density at radius 2 is 1.74 bits per heavy atom. The predicted molar refractivity (Wildman–Crippen MR) is 76.0 cm³/mol. The summed E-state index contributed by atoms with van der Waals surface area (Å²) in [6, 6.07) is 14.0. The van der Waals surface area contributed by atoms with E-state index in [0.29, 0.717) is 5.69 Å². The first-order chi connectivity index (χ1) is 9.09. The Balaban J connectivity index is 2.21. The lowest BCUT2D eigenvalue weighted by molar-refractivity contribution is 0.582. The molecule has 0 unspecified atom stereocenters. The molecule has 0 atom stereocenters. The number of hydrogen-bond acceptors (Lipinski definition) is 3. The van der Waals surface area contributed by atoms with Crippen molar-refractivity contribution in [2.45, 2.75) is 19.3 Å². The van der Waals surface area contributed by atoms with Gasteiger partial charge in [0.15, 0.2) is 5.65 Å². The van der Waals surface area contributed by atoms with Crippen LogP contribution in [0.25, 0.3) is 5.65 Å². The number of pyridine rings is 1. The zero-order chi connectivity index (χ0) is 13.5. The van der Waals surface area contributed by atoms with Gasteiger partial charge in [0.05, 0.1) is 5.41 Å². The second kappa shape index (κ2) is 4.09. The van der Waals surface area contributed by atoms with Crippen LogP contribution in [0.4, 0.5) is 5.69 Å². The van der Waals surface area contributed by atoms with E-state index in [2.05, 4.69) is 36.2 Å². The lowest BCUT2D eigenvalue weighted by Crippen LogP contribution is -2.22. The van der Waals surface area contributed by atoms with Gasteiger partial charge in [-0.1, -0.05) is 30.3 Å². The highest BCUT2D eigenvalue weighted by Crippen LogP contribution is 2.30. The van der Waals surface area contributed by atoms with Gasteiger partial charge in [-0.05, 0) is 31.5 Å². The summed E-state index contributed by atoms with van der Waals surface area (Å²) >= 11 is 0. The lowest BCUT2D eigenvalue weighted by Gasteiger charge is -2.23. The number of anilines is 1. The zero-order valence-corrected chi connectivity index (χ0v) is 11.0. The summed E-state index contributed by atoms with van der Waals surface area (Å²) < 4.78 is 1.96. The molecule has 0 spiro atoms. The minimum Gasteiger partial charge on any atom is -0.398 e. The van der Waals surface area contributed by atoms with Crippen LogP contribution in [0.1, 0.15) is 25.2 Å². The molecule has 4 heteroatoms. The monoisotopic (exact) mass is 252 g/mol. The highest BCUT2D eigenvalue weighted by molar-refractivity contribution is 5.48. The van der Waals surface area contributed by atoms with E-state index >= 15 is 0 Å². The molecule has 3 aromatic rings. The van der Waals surface area contributed by atoms with Crippen molar-refractivity contribution in [2.75, 3.05) is 5.73 Å². The van der Waals surface area contributed by atoms with Crippen molar-refractivity contribution < 1.29 is 0 Å². The quantitative estimate of drug-likeness (QED) is 0.762. The second-order valence-corrected chi connectivity index (χ2v) is 5.21. The third kappa shape index (κ3) is 1.85. The number of aromatic nitrogens is 3. The molecule has 4 nitrogen and oxygen atoms in total. The Kier molecular flexibility index (Phi) is 2.52. The molecule has 0 radical (unpaired) electrons. The third-order valence-electron chi connectivity index (χ3n) is 3.48. The molecule has 19 heavy (non-hydrogen) atoms. The number of fused-ring (bicyclic) bond motifs is 1. The van der Waals surface area contributed by atoms with E-state index in [1.165, 1.54) is 5.56 Å². The van der Waals surface area contributed by atoms with Crippen LogP contribution in [0.15, 0.2) is 48.7 Å². The fourth-order valence-corrected chi connectivity index (χ4v) is 2.32.